The van der Waals surface area contributed by atoms with Crippen LogP contribution in [0.5, 0.6) is 5.75 Å². The highest BCUT2D eigenvalue weighted by atomic mass is 35.5. The fourth-order valence-corrected chi connectivity index (χ4v) is 3.65. The van der Waals surface area contributed by atoms with Gasteiger partial charge in [-0.2, -0.15) is 0 Å². The average molecular weight is 452 g/mol. The van der Waals surface area contributed by atoms with Gasteiger partial charge in [-0.05, 0) is 24.6 Å². The summed E-state index contributed by atoms with van der Waals surface area (Å²) >= 11 is 6.00. The molecule has 3 N–H and O–H groups in total. The van der Waals surface area contributed by atoms with E-state index in [9.17, 15) is 14.4 Å². The highest BCUT2D eigenvalue weighted by Gasteiger charge is 2.24. The number of benzene rings is 1. The van der Waals surface area contributed by atoms with Crippen LogP contribution < -0.4 is 31.9 Å². The van der Waals surface area contributed by atoms with E-state index in [-0.39, 0.29) is 11.5 Å². The Bertz CT molecular complexity index is 1070. The number of nitrogens with one attached hydrogen (secondary N) is 1. The van der Waals surface area contributed by atoms with Crippen LogP contribution in [0.15, 0.2) is 27.8 Å². The number of morpholine rings is 1. The summed E-state index contributed by atoms with van der Waals surface area (Å²) < 4.78 is 12.8. The van der Waals surface area contributed by atoms with Gasteiger partial charge in [0, 0.05) is 24.7 Å². The molecule has 0 aliphatic carbocycles. The molecule has 2 heterocycles. The fraction of sp³-hybridized carbons (Fsp3) is 0.450. The van der Waals surface area contributed by atoms with Gasteiger partial charge in [0.15, 0.2) is 0 Å². The molecule has 1 aliphatic rings. The zero-order chi connectivity index (χ0) is 22.5. The number of carbonyl (C=O) groups excluding carboxylic acids is 1. The maximum absolute atomic E-state index is 13.2. The molecule has 0 bridgehead atoms. The van der Waals surface area contributed by atoms with Crippen LogP contribution in [0, 0.1) is 0 Å². The number of carbonyl (C=O) groups is 1. The second-order valence-electron chi connectivity index (χ2n) is 7.05. The van der Waals surface area contributed by atoms with Gasteiger partial charge in [-0.15, -0.1) is 0 Å². The molecule has 11 heteroatoms. The molecule has 1 saturated heterocycles. The van der Waals surface area contributed by atoms with E-state index in [1.807, 2.05) is 6.92 Å². The molecule has 1 aromatic carbocycles. The molecule has 0 radical (unpaired) electrons. The van der Waals surface area contributed by atoms with Crippen molar-refractivity contribution in [3.63, 3.8) is 0 Å². The van der Waals surface area contributed by atoms with Gasteiger partial charge < -0.3 is 25.4 Å². The van der Waals surface area contributed by atoms with Crippen molar-refractivity contribution < 1.29 is 14.3 Å². The number of methoxy groups -OCH3 is 1. The molecule has 3 rings (SSSR count). The lowest BCUT2D eigenvalue weighted by Crippen LogP contribution is -2.48. The van der Waals surface area contributed by atoms with Crippen molar-refractivity contribution in [3.05, 3.63) is 44.1 Å². The van der Waals surface area contributed by atoms with E-state index in [4.69, 9.17) is 26.8 Å². The highest BCUT2D eigenvalue weighted by Crippen LogP contribution is 2.27. The minimum atomic E-state index is -0.630. The van der Waals surface area contributed by atoms with Gasteiger partial charge in [0.2, 0.25) is 5.91 Å². The van der Waals surface area contributed by atoms with E-state index >= 15 is 0 Å². The Morgan fingerprint density at radius 3 is 2.61 bits per heavy atom. The number of amides is 1. The van der Waals surface area contributed by atoms with E-state index in [1.54, 1.807) is 17.0 Å². The molecule has 31 heavy (non-hydrogen) atoms. The third-order valence-electron chi connectivity index (χ3n) is 4.95. The van der Waals surface area contributed by atoms with Crippen LogP contribution in [0.25, 0.3) is 0 Å². The van der Waals surface area contributed by atoms with Gasteiger partial charge in [0.1, 0.15) is 23.8 Å². The van der Waals surface area contributed by atoms with E-state index in [1.165, 1.54) is 17.7 Å². The van der Waals surface area contributed by atoms with Crippen molar-refractivity contribution in [1.29, 1.82) is 0 Å². The first-order valence-electron chi connectivity index (χ1n) is 9.96. The summed E-state index contributed by atoms with van der Waals surface area (Å²) in [6.07, 6.45) is 0.636. The Hall–Kier alpha value is -2.98. The number of halogens is 1. The Labute approximate surface area is 184 Å². The summed E-state index contributed by atoms with van der Waals surface area (Å²) in [6, 6.07) is 4.76. The molecule has 1 aromatic heterocycles. The Balaban J connectivity index is 1.99. The zero-order valence-corrected chi connectivity index (χ0v) is 18.3. The number of hydrogen-bond acceptors (Lipinski definition) is 7. The summed E-state index contributed by atoms with van der Waals surface area (Å²) in [7, 11) is 1.46. The second-order valence-corrected chi connectivity index (χ2v) is 7.49. The van der Waals surface area contributed by atoms with E-state index < -0.39 is 23.7 Å². The highest BCUT2D eigenvalue weighted by molar-refractivity contribution is 6.31. The maximum Gasteiger partial charge on any atom is 0.333 e. The molecule has 0 unspecified atom stereocenters. The SMILES string of the molecule is CCCn1c(N)c(N2CCOCC2)c(=O)n(CC(=O)Nc2cc(Cl)ccc2OC)c1=O. The number of nitrogen functional groups attached to an aromatic ring is 1. The van der Waals surface area contributed by atoms with Crippen LogP contribution in [0.1, 0.15) is 13.3 Å². The number of aromatic nitrogens is 2. The first-order valence-corrected chi connectivity index (χ1v) is 10.3. The van der Waals surface area contributed by atoms with Crippen LogP contribution in [0.2, 0.25) is 5.02 Å². The number of ether oxygens (including phenoxy) is 2. The van der Waals surface area contributed by atoms with Gasteiger partial charge in [-0.3, -0.25) is 14.2 Å². The predicted octanol–water partition coefficient (Wildman–Crippen LogP) is 1.14. The summed E-state index contributed by atoms with van der Waals surface area (Å²) in [4.78, 5) is 40.7. The quantitative estimate of drug-likeness (QED) is 0.647. The largest absolute Gasteiger partial charge is 0.495 e. The Morgan fingerprint density at radius 1 is 1.26 bits per heavy atom. The summed E-state index contributed by atoms with van der Waals surface area (Å²) in [6.45, 7) is 3.57. The third kappa shape index (κ3) is 4.86. The Kier molecular flexibility index (Phi) is 7.24. The van der Waals surface area contributed by atoms with Gasteiger partial charge >= 0.3 is 5.69 Å². The second kappa shape index (κ2) is 9.88. The van der Waals surface area contributed by atoms with Crippen molar-refractivity contribution in [2.75, 3.05) is 49.4 Å². The third-order valence-corrected chi connectivity index (χ3v) is 5.19. The van der Waals surface area contributed by atoms with E-state index in [0.29, 0.717) is 55.7 Å². The molecule has 168 valence electrons. The normalized spacial score (nSPS) is 13.8. The van der Waals surface area contributed by atoms with Crippen LogP contribution in [-0.2, 0) is 22.6 Å². The lowest BCUT2D eigenvalue weighted by molar-refractivity contribution is -0.116. The van der Waals surface area contributed by atoms with Crippen LogP contribution >= 0.6 is 11.6 Å². The van der Waals surface area contributed by atoms with Crippen LogP contribution in [0.4, 0.5) is 17.2 Å². The molecule has 10 nitrogen and oxygen atoms in total. The van der Waals surface area contributed by atoms with Gasteiger partial charge in [0.05, 0.1) is 26.0 Å². The van der Waals surface area contributed by atoms with E-state index in [2.05, 4.69) is 5.32 Å². The smallest absolute Gasteiger partial charge is 0.333 e. The number of rotatable bonds is 7. The van der Waals surface area contributed by atoms with Gasteiger partial charge in [-0.1, -0.05) is 18.5 Å². The number of anilines is 3. The number of nitrogens with two attached hydrogens (primary N) is 1. The van der Waals surface area contributed by atoms with Crippen LogP contribution in [0.3, 0.4) is 0 Å². The number of nitrogens with zero attached hydrogens (tertiary/aromatic N) is 3. The van der Waals surface area contributed by atoms with Crippen molar-refractivity contribution in [2.24, 2.45) is 0 Å². The van der Waals surface area contributed by atoms with E-state index in [0.717, 1.165) is 4.57 Å². The lowest BCUT2D eigenvalue weighted by Gasteiger charge is -2.30. The standard InChI is InChI=1S/C20H26ClN5O5/c1-3-6-25-18(22)17(24-7-9-31-10-8-24)19(28)26(20(25)29)12-16(27)23-14-11-13(21)4-5-15(14)30-2/h4-5,11H,3,6-10,12,22H2,1-2H3,(H,23,27). The predicted molar refractivity (Wildman–Crippen MR) is 119 cm³/mol. The summed E-state index contributed by atoms with van der Waals surface area (Å²) in [5.41, 5.74) is 5.53. The molecule has 0 spiro atoms. The van der Waals surface area contributed by atoms with Crippen LogP contribution in [-0.4, -0.2) is 48.5 Å². The topological polar surface area (TPSA) is 121 Å². The lowest BCUT2D eigenvalue weighted by atomic mass is 10.3. The molecule has 2 aromatic rings. The molecule has 0 atom stereocenters. The average Bonchev–Trinajstić information content (AvgIpc) is 2.75. The summed E-state index contributed by atoms with van der Waals surface area (Å²) in [5.74, 6) is -0.0627. The van der Waals surface area contributed by atoms with Crippen molar-refractivity contribution in [3.8, 4) is 5.75 Å². The number of hydrogen-bond donors (Lipinski definition) is 2. The molecule has 1 aliphatic heterocycles. The minimum absolute atomic E-state index is 0.104. The zero-order valence-electron chi connectivity index (χ0n) is 17.5. The fourth-order valence-electron chi connectivity index (χ4n) is 3.48. The van der Waals surface area contributed by atoms with Crippen molar-refractivity contribution in [1.82, 2.24) is 9.13 Å². The summed E-state index contributed by atoms with van der Waals surface area (Å²) in [5, 5.41) is 3.05. The van der Waals surface area contributed by atoms with Gasteiger partial charge in [-0.25, -0.2) is 9.36 Å². The molecular formula is C20H26ClN5O5. The first-order chi connectivity index (χ1) is 14.9. The molecular weight excluding hydrogens is 426 g/mol. The maximum atomic E-state index is 13.2. The minimum Gasteiger partial charge on any atom is -0.495 e. The molecule has 1 fully saturated rings. The van der Waals surface area contributed by atoms with Crippen molar-refractivity contribution in [2.45, 2.75) is 26.4 Å². The van der Waals surface area contributed by atoms with Gasteiger partial charge in [0.25, 0.3) is 5.56 Å². The Morgan fingerprint density at radius 2 is 1.97 bits per heavy atom. The van der Waals surface area contributed by atoms with Crippen molar-refractivity contribution >= 4 is 34.7 Å². The monoisotopic (exact) mass is 451 g/mol. The first kappa shape index (κ1) is 22.7. The molecule has 0 saturated carbocycles. The molecule has 1 amide bonds.